The highest BCUT2D eigenvalue weighted by molar-refractivity contribution is 5.64. The van der Waals surface area contributed by atoms with Gasteiger partial charge in [0.15, 0.2) is 0 Å². The molecule has 1 aromatic heterocycles. The summed E-state index contributed by atoms with van der Waals surface area (Å²) in [4.78, 5) is 11.6. The van der Waals surface area contributed by atoms with Crippen molar-refractivity contribution in [1.29, 1.82) is 0 Å². The van der Waals surface area contributed by atoms with E-state index >= 15 is 0 Å². The lowest BCUT2D eigenvalue weighted by Crippen LogP contribution is -2.20. The number of hydrogen-bond acceptors (Lipinski definition) is 4. The fourth-order valence-electron chi connectivity index (χ4n) is 2.63. The molecule has 3 aromatic rings. The van der Waals surface area contributed by atoms with E-state index in [0.29, 0.717) is 0 Å². The van der Waals surface area contributed by atoms with Gasteiger partial charge in [-0.15, -0.1) is 0 Å². The Kier molecular flexibility index (Phi) is 5.62. The summed E-state index contributed by atoms with van der Waals surface area (Å²) in [5, 5.41) is 3.39. The zero-order valence-electron chi connectivity index (χ0n) is 14.8. The third-order valence-electron chi connectivity index (χ3n) is 3.94. The van der Waals surface area contributed by atoms with E-state index in [1.54, 1.807) is 0 Å². The van der Waals surface area contributed by atoms with Crippen molar-refractivity contribution in [3.63, 3.8) is 0 Å². The van der Waals surface area contributed by atoms with Crippen LogP contribution in [0.5, 0.6) is 0 Å². The summed E-state index contributed by atoms with van der Waals surface area (Å²) in [6, 6.07) is 22.6. The molecule has 0 fully saturated rings. The predicted octanol–water partition coefficient (Wildman–Crippen LogP) is 4.60. The maximum Gasteiger partial charge on any atom is 0.227 e. The van der Waals surface area contributed by atoms with E-state index in [9.17, 15) is 0 Å². The summed E-state index contributed by atoms with van der Waals surface area (Å²) in [7, 11) is 2.03. The van der Waals surface area contributed by atoms with Crippen LogP contribution in [-0.4, -0.2) is 23.6 Å². The fourth-order valence-corrected chi connectivity index (χ4v) is 2.63. The van der Waals surface area contributed by atoms with Crippen molar-refractivity contribution in [2.45, 2.75) is 19.9 Å². The number of hydrogen-bond donors (Lipinski definition) is 1. The molecule has 0 amide bonds. The third-order valence-corrected chi connectivity index (χ3v) is 3.94. The lowest BCUT2D eigenvalue weighted by molar-refractivity contribution is 0.865. The Hall–Kier alpha value is -2.88. The summed E-state index contributed by atoms with van der Waals surface area (Å²) in [6.07, 6.45) is 1.06. The van der Waals surface area contributed by atoms with Gasteiger partial charge in [-0.25, -0.2) is 4.98 Å². The van der Waals surface area contributed by atoms with Gasteiger partial charge in [0, 0.05) is 31.8 Å². The van der Waals surface area contributed by atoms with Crippen LogP contribution >= 0.6 is 0 Å². The molecule has 128 valence electrons. The van der Waals surface area contributed by atoms with Crippen molar-refractivity contribution < 1.29 is 0 Å². The lowest BCUT2D eigenvalue weighted by Gasteiger charge is -2.19. The first-order chi connectivity index (χ1) is 12.3. The molecule has 0 saturated heterocycles. The summed E-state index contributed by atoms with van der Waals surface area (Å²) >= 11 is 0. The number of benzene rings is 2. The maximum absolute atomic E-state index is 4.78. The molecule has 25 heavy (non-hydrogen) atoms. The summed E-state index contributed by atoms with van der Waals surface area (Å²) < 4.78 is 0. The largest absolute Gasteiger partial charge is 0.370 e. The van der Waals surface area contributed by atoms with Crippen LogP contribution in [0, 0.1) is 0 Å². The molecular formula is C21H24N4. The Morgan fingerprint density at radius 3 is 2.28 bits per heavy atom. The Morgan fingerprint density at radius 2 is 1.60 bits per heavy atom. The van der Waals surface area contributed by atoms with Gasteiger partial charge in [0.2, 0.25) is 5.95 Å². The van der Waals surface area contributed by atoms with Crippen LogP contribution in [0.2, 0.25) is 0 Å². The lowest BCUT2D eigenvalue weighted by atomic mass is 10.1. The van der Waals surface area contributed by atoms with Gasteiger partial charge in [0.25, 0.3) is 0 Å². The van der Waals surface area contributed by atoms with Crippen molar-refractivity contribution in [2.75, 3.05) is 23.8 Å². The second-order valence-electron chi connectivity index (χ2n) is 6.07. The highest BCUT2D eigenvalue weighted by Crippen LogP contribution is 2.23. The van der Waals surface area contributed by atoms with Gasteiger partial charge < -0.3 is 10.2 Å². The topological polar surface area (TPSA) is 41.1 Å². The molecule has 2 aromatic carbocycles. The molecule has 4 heteroatoms. The minimum atomic E-state index is 0.726. The minimum Gasteiger partial charge on any atom is -0.370 e. The molecule has 0 aliphatic heterocycles. The molecule has 0 aliphatic rings. The Labute approximate surface area is 149 Å². The number of rotatable bonds is 7. The second-order valence-corrected chi connectivity index (χ2v) is 6.07. The van der Waals surface area contributed by atoms with Crippen molar-refractivity contribution >= 4 is 11.8 Å². The van der Waals surface area contributed by atoms with Gasteiger partial charge >= 0.3 is 0 Å². The molecule has 4 nitrogen and oxygen atoms in total. The van der Waals surface area contributed by atoms with Crippen LogP contribution in [0.1, 0.15) is 18.9 Å². The Bertz CT molecular complexity index is 788. The number of anilines is 2. The minimum absolute atomic E-state index is 0.726. The molecule has 3 rings (SSSR count). The van der Waals surface area contributed by atoms with Crippen molar-refractivity contribution in [3.8, 4) is 11.3 Å². The number of aromatic nitrogens is 2. The van der Waals surface area contributed by atoms with E-state index in [4.69, 9.17) is 9.97 Å². The van der Waals surface area contributed by atoms with Crippen LogP contribution in [-0.2, 0) is 6.54 Å². The predicted molar refractivity (Wildman–Crippen MR) is 105 cm³/mol. The first-order valence-corrected chi connectivity index (χ1v) is 8.69. The van der Waals surface area contributed by atoms with E-state index in [1.807, 2.05) is 37.4 Å². The van der Waals surface area contributed by atoms with Crippen molar-refractivity contribution in [1.82, 2.24) is 9.97 Å². The van der Waals surface area contributed by atoms with Crippen LogP contribution in [0.3, 0.4) is 0 Å². The summed E-state index contributed by atoms with van der Waals surface area (Å²) in [5.74, 6) is 1.59. The summed E-state index contributed by atoms with van der Waals surface area (Å²) in [5.41, 5.74) is 3.27. The Balaban J connectivity index is 1.91. The zero-order chi connectivity index (χ0) is 17.5. The molecule has 0 saturated carbocycles. The van der Waals surface area contributed by atoms with Crippen molar-refractivity contribution in [2.24, 2.45) is 0 Å². The van der Waals surface area contributed by atoms with Gasteiger partial charge in [-0.3, -0.25) is 0 Å². The van der Waals surface area contributed by atoms with E-state index in [-0.39, 0.29) is 0 Å². The highest BCUT2D eigenvalue weighted by Gasteiger charge is 2.10. The molecule has 1 heterocycles. The Morgan fingerprint density at radius 1 is 0.920 bits per heavy atom. The maximum atomic E-state index is 4.78. The third kappa shape index (κ3) is 4.57. The van der Waals surface area contributed by atoms with E-state index in [2.05, 4.69) is 53.5 Å². The van der Waals surface area contributed by atoms with Crippen LogP contribution in [0.15, 0.2) is 66.7 Å². The van der Waals surface area contributed by atoms with E-state index in [1.165, 1.54) is 5.56 Å². The van der Waals surface area contributed by atoms with Crippen LogP contribution < -0.4 is 10.2 Å². The van der Waals surface area contributed by atoms with Gasteiger partial charge in [-0.05, 0) is 12.0 Å². The first kappa shape index (κ1) is 17.0. The monoisotopic (exact) mass is 332 g/mol. The molecule has 0 aliphatic carbocycles. The van der Waals surface area contributed by atoms with Gasteiger partial charge in [0.1, 0.15) is 5.82 Å². The average Bonchev–Trinajstić information content (AvgIpc) is 2.67. The standard InChI is InChI=1S/C21H24N4/c1-3-14-22-20-15-19(18-12-8-5-9-13-18)23-21(24-20)25(2)16-17-10-6-4-7-11-17/h4-13,15H,3,14,16H2,1-2H3,(H,22,23,24). The van der Waals surface area contributed by atoms with Gasteiger partial charge in [-0.1, -0.05) is 67.6 Å². The van der Waals surface area contributed by atoms with Gasteiger partial charge in [0.05, 0.1) is 5.69 Å². The smallest absolute Gasteiger partial charge is 0.227 e. The first-order valence-electron chi connectivity index (χ1n) is 8.69. The van der Waals surface area contributed by atoms with E-state index in [0.717, 1.165) is 42.5 Å². The van der Waals surface area contributed by atoms with Crippen LogP contribution in [0.25, 0.3) is 11.3 Å². The summed E-state index contributed by atoms with van der Waals surface area (Å²) in [6.45, 7) is 3.81. The molecule has 0 spiro atoms. The van der Waals surface area contributed by atoms with Crippen LogP contribution in [0.4, 0.5) is 11.8 Å². The molecule has 1 N–H and O–H groups in total. The second kappa shape index (κ2) is 8.29. The quantitative estimate of drug-likeness (QED) is 0.686. The number of nitrogens with one attached hydrogen (secondary N) is 1. The fraction of sp³-hybridized carbons (Fsp3) is 0.238. The SMILES string of the molecule is CCCNc1cc(-c2ccccc2)nc(N(C)Cc2ccccc2)n1. The molecule has 0 radical (unpaired) electrons. The van der Waals surface area contributed by atoms with Crippen molar-refractivity contribution in [3.05, 3.63) is 72.3 Å². The molecule has 0 atom stereocenters. The molecule has 0 bridgehead atoms. The number of nitrogens with zero attached hydrogens (tertiary/aromatic N) is 3. The zero-order valence-corrected chi connectivity index (χ0v) is 14.8. The average molecular weight is 332 g/mol. The highest BCUT2D eigenvalue weighted by atomic mass is 15.2. The van der Waals surface area contributed by atoms with E-state index < -0.39 is 0 Å². The molecule has 0 unspecified atom stereocenters. The van der Waals surface area contributed by atoms with Gasteiger partial charge in [-0.2, -0.15) is 4.98 Å². The normalized spacial score (nSPS) is 10.5. The molecular weight excluding hydrogens is 308 g/mol.